The van der Waals surface area contributed by atoms with Crippen LogP contribution in [0.15, 0.2) is 81.7 Å². The Hall–Kier alpha value is -2.38. The van der Waals surface area contributed by atoms with Gasteiger partial charge in [-0.15, -0.1) is 12.6 Å². The molecule has 1 aliphatic rings. The van der Waals surface area contributed by atoms with Crippen LogP contribution >= 0.6 is 56.5 Å². The number of aliphatic hydroxyl groups excluding tert-OH is 1. The summed E-state index contributed by atoms with van der Waals surface area (Å²) in [5.41, 5.74) is 4.67. The van der Waals surface area contributed by atoms with Gasteiger partial charge < -0.3 is 33.0 Å². The van der Waals surface area contributed by atoms with Crippen LogP contribution in [-0.2, 0) is 27.7 Å². The minimum Gasteiger partial charge on any atom is -0.488 e. The Bertz CT molecular complexity index is 1990. The molecule has 4 aromatic rings. The Balaban J connectivity index is 1.70. The van der Waals surface area contributed by atoms with Crippen molar-refractivity contribution in [2.75, 3.05) is 26.1 Å². The van der Waals surface area contributed by atoms with E-state index in [4.69, 9.17) is 40.5 Å². The fourth-order valence-corrected chi connectivity index (χ4v) is 8.54. The van der Waals surface area contributed by atoms with Gasteiger partial charge in [0.2, 0.25) is 0 Å². The Morgan fingerprint density at radius 1 is 0.672 bits per heavy atom. The predicted octanol–water partition coefficient (Wildman–Crippen LogP) is 12.6. The van der Waals surface area contributed by atoms with Gasteiger partial charge in [0.15, 0.2) is 4.93 Å². The van der Waals surface area contributed by atoms with Crippen molar-refractivity contribution in [3.8, 4) is 34.1 Å². The van der Waals surface area contributed by atoms with Crippen molar-refractivity contribution in [2.45, 2.75) is 122 Å². The molecule has 58 heavy (non-hydrogen) atoms. The van der Waals surface area contributed by atoms with E-state index in [0.29, 0.717) is 48.9 Å². The lowest BCUT2D eigenvalue weighted by Crippen LogP contribution is -2.36. The third-order valence-corrected chi connectivity index (χ3v) is 11.3. The summed E-state index contributed by atoms with van der Waals surface area (Å²) in [7, 11) is 0. The molecule has 4 aromatic carbocycles. The van der Waals surface area contributed by atoms with Gasteiger partial charge in [0.1, 0.15) is 34.2 Å². The molecule has 1 aliphatic carbocycles. The van der Waals surface area contributed by atoms with Crippen LogP contribution in [0.4, 0.5) is 0 Å². The van der Waals surface area contributed by atoms with Crippen molar-refractivity contribution in [2.24, 2.45) is 0 Å². The molecule has 0 bridgehead atoms. The zero-order valence-corrected chi connectivity index (χ0v) is 40.6. The molecule has 1 atom stereocenters. The number of halogens is 2. The molecule has 0 fully saturated rings. The van der Waals surface area contributed by atoms with Crippen LogP contribution in [0.25, 0.3) is 11.1 Å². The molecular weight excluding hydrogens is 900 g/mol. The maximum absolute atomic E-state index is 9.88. The smallest absolute Gasteiger partial charge is 0.172 e. The average molecular weight is 961 g/mol. The predicted molar refractivity (Wildman–Crippen MR) is 248 cm³/mol. The van der Waals surface area contributed by atoms with Gasteiger partial charge in [-0.2, -0.15) is 0 Å². The van der Waals surface area contributed by atoms with E-state index >= 15 is 0 Å². The number of thiol groups is 1. The molecule has 7 nitrogen and oxygen atoms in total. The van der Waals surface area contributed by atoms with Gasteiger partial charge in [0.05, 0.1) is 37.0 Å². The van der Waals surface area contributed by atoms with Crippen molar-refractivity contribution >= 4 is 56.5 Å². The van der Waals surface area contributed by atoms with Crippen LogP contribution in [0.5, 0.6) is 23.0 Å². The maximum Gasteiger partial charge on any atom is 0.172 e. The van der Waals surface area contributed by atoms with E-state index in [-0.39, 0.29) is 24.9 Å². The highest BCUT2D eigenvalue weighted by Gasteiger charge is 2.44. The van der Waals surface area contributed by atoms with Crippen molar-refractivity contribution in [1.82, 2.24) is 0 Å². The summed E-state index contributed by atoms with van der Waals surface area (Å²) in [5, 5.41) is 9.88. The molecule has 5 rings (SSSR count). The van der Waals surface area contributed by atoms with Crippen LogP contribution in [0.3, 0.4) is 0 Å². The van der Waals surface area contributed by atoms with Gasteiger partial charge in [-0.3, -0.25) is 0 Å². The topological polar surface area (TPSA) is 75.6 Å². The molecule has 1 unspecified atom stereocenters. The van der Waals surface area contributed by atoms with E-state index in [9.17, 15) is 5.11 Å². The number of ether oxygens (including phenoxy) is 5. The Labute approximate surface area is 373 Å². The SMILES string of the molecule is CSOc1cc(CC2(Cc3cc(OC(C)(C)CCO)cc(OC(C)(C)COC(C)C)c3)c3cc(Br)ccc3-c3ccc(Br)cc32)cc(OC(C)(S)COC(C)(C)C)c1. The monoisotopic (exact) mass is 958 g/mol. The second-order valence-corrected chi connectivity index (χ2v) is 21.2. The summed E-state index contributed by atoms with van der Waals surface area (Å²) in [6.07, 6.45) is 3.65. The first-order valence-corrected chi connectivity index (χ1v) is 22.9. The zero-order valence-electron chi connectivity index (χ0n) is 35.8. The zero-order chi connectivity index (χ0) is 42.7. The molecule has 0 aromatic heterocycles. The fourth-order valence-electron chi connectivity index (χ4n) is 7.36. The summed E-state index contributed by atoms with van der Waals surface area (Å²) in [4.78, 5) is -0.906. The van der Waals surface area contributed by atoms with Gasteiger partial charge in [-0.1, -0.05) is 44.0 Å². The minimum absolute atomic E-state index is 0.0110. The number of rotatable bonds is 19. The van der Waals surface area contributed by atoms with Crippen LogP contribution < -0.4 is 18.4 Å². The van der Waals surface area contributed by atoms with Crippen molar-refractivity contribution in [3.63, 3.8) is 0 Å². The maximum atomic E-state index is 9.88. The molecule has 0 saturated carbocycles. The highest BCUT2D eigenvalue weighted by Crippen LogP contribution is 2.54. The average Bonchev–Trinajstić information content (AvgIpc) is 3.32. The van der Waals surface area contributed by atoms with Gasteiger partial charge in [0, 0.05) is 45.8 Å². The second-order valence-electron chi connectivity index (χ2n) is 17.9. The molecule has 11 heteroatoms. The van der Waals surface area contributed by atoms with E-state index in [1.54, 1.807) is 0 Å². The van der Waals surface area contributed by atoms with Crippen LogP contribution in [0.2, 0.25) is 0 Å². The third-order valence-electron chi connectivity index (χ3n) is 9.73. The lowest BCUT2D eigenvalue weighted by molar-refractivity contribution is -0.0470. The van der Waals surface area contributed by atoms with Crippen molar-refractivity contribution in [3.05, 3.63) is 104 Å². The van der Waals surface area contributed by atoms with E-state index in [0.717, 1.165) is 20.1 Å². The lowest BCUT2D eigenvalue weighted by atomic mass is 9.69. The third kappa shape index (κ3) is 12.6. The number of hydrogen-bond acceptors (Lipinski definition) is 9. The number of benzene rings is 4. The molecule has 0 amide bonds. The van der Waals surface area contributed by atoms with Crippen LogP contribution in [0, 0.1) is 0 Å². The summed E-state index contributed by atoms with van der Waals surface area (Å²) in [6.45, 7) is 20.8. The first-order chi connectivity index (χ1) is 27.0. The Kier molecular flexibility index (Phi) is 15.1. The first-order valence-electron chi connectivity index (χ1n) is 19.8. The highest BCUT2D eigenvalue weighted by molar-refractivity contribution is 9.10. The van der Waals surface area contributed by atoms with Gasteiger partial charge in [-0.05, 0) is 164 Å². The molecule has 0 heterocycles. The summed E-state index contributed by atoms with van der Waals surface area (Å²) in [6, 6.07) is 25.4. The molecule has 0 spiro atoms. The second kappa shape index (κ2) is 18.7. The standard InChI is InChI=1S/C47H60Br2O7S2/c1-30(2)51-28-45(8,9)54-36-19-31(18-35(24-36)53-44(6,7)16-17-50)26-47(41-22-33(48)12-14-39(41)40-15-13-34(49)23-42(40)47)27-32-20-37(25-38(21-32)56-58-11)55-46(10,57)29-52-43(3,4)5/h12-15,18-25,30,50,57H,16-17,26-29H2,1-11H3. The van der Waals surface area contributed by atoms with Crippen molar-refractivity contribution < 1.29 is 33.0 Å². The highest BCUT2D eigenvalue weighted by atomic mass is 79.9. The Morgan fingerprint density at radius 2 is 1.16 bits per heavy atom. The summed E-state index contributed by atoms with van der Waals surface area (Å²) >= 11 is 13.8. The molecule has 0 aliphatic heterocycles. The number of aliphatic hydroxyl groups is 1. The largest absolute Gasteiger partial charge is 0.488 e. The molecule has 1 N–H and O–H groups in total. The van der Waals surface area contributed by atoms with E-state index < -0.39 is 21.6 Å². The molecule has 0 radical (unpaired) electrons. The summed E-state index contributed by atoms with van der Waals surface area (Å²) < 4.78 is 40.1. The minimum atomic E-state index is -0.906. The van der Waals surface area contributed by atoms with E-state index in [1.807, 2.05) is 87.6 Å². The lowest BCUT2D eigenvalue weighted by Gasteiger charge is -2.35. The van der Waals surface area contributed by atoms with Gasteiger partial charge in [0.25, 0.3) is 0 Å². The molecular formula is C47H60Br2O7S2. The first kappa shape index (κ1) is 46.7. The van der Waals surface area contributed by atoms with Crippen molar-refractivity contribution in [1.29, 1.82) is 0 Å². The van der Waals surface area contributed by atoms with Crippen LogP contribution in [-0.4, -0.2) is 59.0 Å². The normalized spacial score (nSPS) is 14.8. The van der Waals surface area contributed by atoms with E-state index in [2.05, 4.69) is 92.5 Å². The number of fused-ring (bicyclic) bond motifs is 3. The molecule has 316 valence electrons. The van der Waals surface area contributed by atoms with E-state index in [1.165, 1.54) is 34.3 Å². The quantitative estimate of drug-likeness (QED) is 0.0547. The summed E-state index contributed by atoms with van der Waals surface area (Å²) in [5.74, 6) is 2.66. The molecule has 0 saturated heterocycles. The Morgan fingerprint density at radius 3 is 1.64 bits per heavy atom. The van der Waals surface area contributed by atoms with Gasteiger partial charge >= 0.3 is 0 Å². The number of hydrogen-bond donors (Lipinski definition) is 2. The van der Waals surface area contributed by atoms with Crippen LogP contribution in [0.1, 0.15) is 97.9 Å². The fraction of sp³-hybridized carbons (Fsp3) is 0.489. The van der Waals surface area contributed by atoms with Gasteiger partial charge in [-0.25, -0.2) is 0 Å².